The zero-order valence-corrected chi connectivity index (χ0v) is 12.9. The third-order valence-corrected chi connectivity index (χ3v) is 4.10. The Morgan fingerprint density at radius 1 is 1.30 bits per heavy atom. The third-order valence-electron chi connectivity index (χ3n) is 2.91. The van der Waals surface area contributed by atoms with Gasteiger partial charge in [0.15, 0.2) is 0 Å². The van der Waals surface area contributed by atoms with Gasteiger partial charge in [-0.2, -0.15) is 0 Å². The van der Waals surface area contributed by atoms with Crippen LogP contribution in [0.2, 0.25) is 5.02 Å². The summed E-state index contributed by atoms with van der Waals surface area (Å²) in [5.74, 6) is 0. The summed E-state index contributed by atoms with van der Waals surface area (Å²) in [5.41, 5.74) is 1.06. The fraction of sp³-hybridized carbons (Fsp3) is 0.267. The van der Waals surface area contributed by atoms with Crippen molar-refractivity contribution in [1.82, 2.24) is 10.2 Å². The Kier molecular flexibility index (Phi) is 5.44. The predicted octanol–water partition coefficient (Wildman–Crippen LogP) is 3.79. The quantitative estimate of drug-likeness (QED) is 0.895. The smallest absolute Gasteiger partial charge is 0.317 e. The molecule has 2 rings (SSSR count). The first-order chi connectivity index (χ1) is 9.65. The summed E-state index contributed by atoms with van der Waals surface area (Å²) < 4.78 is 0. The van der Waals surface area contributed by atoms with Gasteiger partial charge in [0.1, 0.15) is 0 Å². The molecule has 1 N–H and O–H groups in total. The molecule has 0 saturated heterocycles. The first-order valence-electron chi connectivity index (χ1n) is 6.41. The van der Waals surface area contributed by atoms with E-state index in [-0.39, 0.29) is 6.03 Å². The summed E-state index contributed by atoms with van der Waals surface area (Å²) in [4.78, 5) is 14.9. The Labute approximate surface area is 128 Å². The van der Waals surface area contributed by atoms with Crippen LogP contribution in [0, 0.1) is 0 Å². The topological polar surface area (TPSA) is 32.3 Å². The zero-order chi connectivity index (χ0) is 14.4. The molecule has 0 aliphatic carbocycles. The van der Waals surface area contributed by atoms with Crippen LogP contribution < -0.4 is 5.32 Å². The van der Waals surface area contributed by atoms with Gasteiger partial charge in [0, 0.05) is 30.0 Å². The molecule has 20 heavy (non-hydrogen) atoms. The minimum absolute atomic E-state index is 0.0588. The molecule has 1 aromatic heterocycles. The summed E-state index contributed by atoms with van der Waals surface area (Å²) in [5, 5.41) is 5.67. The Morgan fingerprint density at radius 3 is 2.70 bits per heavy atom. The van der Waals surface area contributed by atoms with Gasteiger partial charge in [-0.15, -0.1) is 11.3 Å². The van der Waals surface area contributed by atoms with Crippen molar-refractivity contribution in [3.63, 3.8) is 0 Å². The highest BCUT2D eigenvalue weighted by molar-refractivity contribution is 7.09. The van der Waals surface area contributed by atoms with Gasteiger partial charge < -0.3 is 10.2 Å². The second-order valence-electron chi connectivity index (χ2n) is 4.54. The lowest BCUT2D eigenvalue weighted by molar-refractivity contribution is 0.207. The van der Waals surface area contributed by atoms with Crippen molar-refractivity contribution >= 4 is 29.0 Å². The molecule has 2 aromatic rings. The van der Waals surface area contributed by atoms with Gasteiger partial charge >= 0.3 is 6.03 Å². The molecule has 3 nitrogen and oxygen atoms in total. The minimum atomic E-state index is -0.0588. The standard InChI is InChI=1S/C15H17ClN2OS/c1-18(11-12-4-6-13(16)7-5-12)15(19)17-9-8-14-3-2-10-20-14/h2-7,10H,8-9,11H2,1H3,(H,17,19). The van der Waals surface area contributed by atoms with Gasteiger partial charge in [0.05, 0.1) is 0 Å². The highest BCUT2D eigenvalue weighted by Crippen LogP contribution is 2.11. The summed E-state index contributed by atoms with van der Waals surface area (Å²) in [7, 11) is 1.79. The van der Waals surface area contributed by atoms with Gasteiger partial charge in [0.25, 0.3) is 0 Å². The maximum atomic E-state index is 11.9. The van der Waals surface area contributed by atoms with Crippen LogP contribution >= 0.6 is 22.9 Å². The molecule has 0 bridgehead atoms. The monoisotopic (exact) mass is 308 g/mol. The maximum absolute atomic E-state index is 11.9. The van der Waals surface area contributed by atoms with Gasteiger partial charge in [-0.05, 0) is 35.6 Å². The predicted molar refractivity (Wildman–Crippen MR) is 84.3 cm³/mol. The number of carbonyl (C=O) groups excluding carboxylic acids is 1. The molecule has 0 saturated carbocycles. The molecule has 0 aliphatic heterocycles. The molecule has 0 radical (unpaired) electrons. The molecule has 1 aromatic carbocycles. The number of hydrogen-bond donors (Lipinski definition) is 1. The lowest BCUT2D eigenvalue weighted by atomic mass is 10.2. The molecular formula is C15H17ClN2OS. The van der Waals surface area contributed by atoms with Crippen molar-refractivity contribution in [2.24, 2.45) is 0 Å². The number of benzene rings is 1. The van der Waals surface area contributed by atoms with Crippen LogP contribution in [0.1, 0.15) is 10.4 Å². The Bertz CT molecular complexity index is 540. The molecule has 1 heterocycles. The summed E-state index contributed by atoms with van der Waals surface area (Å²) in [6.07, 6.45) is 0.873. The molecule has 0 unspecified atom stereocenters. The van der Waals surface area contributed by atoms with E-state index in [9.17, 15) is 4.79 Å². The third kappa shape index (κ3) is 4.54. The van der Waals surface area contributed by atoms with Gasteiger partial charge in [-0.3, -0.25) is 0 Å². The van der Waals surface area contributed by atoms with E-state index in [4.69, 9.17) is 11.6 Å². The molecule has 0 aliphatic rings. The second kappa shape index (κ2) is 7.31. The number of urea groups is 1. The molecule has 2 amide bonds. The van der Waals surface area contributed by atoms with Crippen molar-refractivity contribution in [2.45, 2.75) is 13.0 Å². The van der Waals surface area contributed by atoms with E-state index >= 15 is 0 Å². The van der Waals surface area contributed by atoms with Crippen LogP contribution in [-0.2, 0) is 13.0 Å². The number of halogens is 1. The van der Waals surface area contributed by atoms with E-state index in [1.807, 2.05) is 35.7 Å². The summed E-state index contributed by atoms with van der Waals surface area (Å²) in [6.45, 7) is 1.23. The molecule has 0 spiro atoms. The fourth-order valence-electron chi connectivity index (χ4n) is 1.82. The number of nitrogens with zero attached hydrogens (tertiary/aromatic N) is 1. The largest absolute Gasteiger partial charge is 0.338 e. The number of hydrogen-bond acceptors (Lipinski definition) is 2. The van der Waals surface area contributed by atoms with Crippen LogP contribution in [0.25, 0.3) is 0 Å². The Hall–Kier alpha value is -1.52. The van der Waals surface area contributed by atoms with Crippen LogP contribution in [0.4, 0.5) is 4.79 Å². The number of amides is 2. The SMILES string of the molecule is CN(Cc1ccc(Cl)cc1)C(=O)NCCc1cccs1. The molecule has 5 heteroatoms. The van der Waals surface area contributed by atoms with E-state index < -0.39 is 0 Å². The van der Waals surface area contributed by atoms with Crippen LogP contribution in [0.5, 0.6) is 0 Å². The normalized spacial score (nSPS) is 10.3. The van der Waals surface area contributed by atoms with E-state index in [1.165, 1.54) is 4.88 Å². The van der Waals surface area contributed by atoms with E-state index in [1.54, 1.807) is 23.3 Å². The van der Waals surface area contributed by atoms with Crippen LogP contribution in [0.3, 0.4) is 0 Å². The van der Waals surface area contributed by atoms with Crippen LogP contribution in [-0.4, -0.2) is 24.5 Å². The zero-order valence-electron chi connectivity index (χ0n) is 11.3. The Balaban J connectivity index is 1.75. The van der Waals surface area contributed by atoms with Gasteiger partial charge in [0.2, 0.25) is 0 Å². The maximum Gasteiger partial charge on any atom is 0.317 e. The van der Waals surface area contributed by atoms with E-state index in [0.29, 0.717) is 18.1 Å². The van der Waals surface area contributed by atoms with Gasteiger partial charge in [-0.25, -0.2) is 4.79 Å². The average molecular weight is 309 g/mol. The van der Waals surface area contributed by atoms with Crippen molar-refractivity contribution in [1.29, 1.82) is 0 Å². The highest BCUT2D eigenvalue weighted by Gasteiger charge is 2.08. The molecular weight excluding hydrogens is 292 g/mol. The molecule has 0 fully saturated rings. The minimum Gasteiger partial charge on any atom is -0.338 e. The van der Waals surface area contributed by atoms with E-state index in [2.05, 4.69) is 11.4 Å². The first-order valence-corrected chi connectivity index (χ1v) is 7.66. The number of carbonyl (C=O) groups is 1. The van der Waals surface area contributed by atoms with Crippen molar-refractivity contribution in [3.05, 3.63) is 57.2 Å². The van der Waals surface area contributed by atoms with Crippen molar-refractivity contribution in [3.8, 4) is 0 Å². The summed E-state index contributed by atoms with van der Waals surface area (Å²) >= 11 is 7.55. The second-order valence-corrected chi connectivity index (χ2v) is 6.01. The number of nitrogens with one attached hydrogen (secondary N) is 1. The van der Waals surface area contributed by atoms with Crippen LogP contribution in [0.15, 0.2) is 41.8 Å². The average Bonchev–Trinajstić information content (AvgIpc) is 2.94. The first kappa shape index (κ1) is 14.9. The number of rotatable bonds is 5. The van der Waals surface area contributed by atoms with Crippen molar-refractivity contribution < 1.29 is 4.79 Å². The summed E-state index contributed by atoms with van der Waals surface area (Å²) in [6, 6.07) is 11.6. The number of thiophene rings is 1. The highest BCUT2D eigenvalue weighted by atomic mass is 35.5. The Morgan fingerprint density at radius 2 is 2.05 bits per heavy atom. The molecule has 0 atom stereocenters. The fourth-order valence-corrected chi connectivity index (χ4v) is 2.65. The van der Waals surface area contributed by atoms with Crippen molar-refractivity contribution in [2.75, 3.05) is 13.6 Å². The lowest BCUT2D eigenvalue weighted by Crippen LogP contribution is -2.37. The lowest BCUT2D eigenvalue weighted by Gasteiger charge is -2.18. The van der Waals surface area contributed by atoms with E-state index in [0.717, 1.165) is 12.0 Å². The molecule has 106 valence electrons. The van der Waals surface area contributed by atoms with Gasteiger partial charge in [-0.1, -0.05) is 29.8 Å².